The van der Waals surface area contributed by atoms with Crippen molar-refractivity contribution in [3.05, 3.63) is 83.5 Å². The number of ketones is 1. The fourth-order valence-corrected chi connectivity index (χ4v) is 5.00. The molecule has 0 radical (unpaired) electrons. The topological polar surface area (TPSA) is 143 Å². The Morgan fingerprint density at radius 2 is 1.53 bits per heavy atom. The predicted molar refractivity (Wildman–Crippen MR) is 161 cm³/mol. The Hall–Kier alpha value is -4.34. The van der Waals surface area contributed by atoms with Gasteiger partial charge in [-0.3, -0.25) is 24.2 Å². The summed E-state index contributed by atoms with van der Waals surface area (Å²) in [6.45, 7) is 7.62. The van der Waals surface area contributed by atoms with Gasteiger partial charge in [0.25, 0.3) is 5.91 Å². The van der Waals surface area contributed by atoms with Gasteiger partial charge in [0, 0.05) is 30.3 Å². The second-order valence-corrected chi connectivity index (χ2v) is 12.1. The van der Waals surface area contributed by atoms with Gasteiger partial charge in [0.1, 0.15) is 17.8 Å². The Kier molecular flexibility index (Phi) is 10.4. The molecule has 1 unspecified atom stereocenters. The van der Waals surface area contributed by atoms with Crippen molar-refractivity contribution in [3.8, 4) is 0 Å². The maximum absolute atomic E-state index is 13.8. The molecule has 3 atom stereocenters. The van der Waals surface area contributed by atoms with Gasteiger partial charge in [-0.2, -0.15) is 0 Å². The standard InChI is InChI=1S/C33H41N5O5/c1-21(2)18-26(29(39)33(4)14-15-33)36-31(41)27(20-24-12-16-34-17-13-24)37-30(40)25(11-10-23-8-6-5-7-9-23)35-32(42)28-19-22(3)43-38-28/h5-9,12-13,16-17,19,21,25-27H,10-11,14-15,18,20H2,1-4H3,(H,35,42)(H,36,41)(H,37,40)/t25-,26?,27-/m0/s1. The minimum atomic E-state index is -0.991. The molecule has 10 heteroatoms. The molecule has 3 aromatic rings. The fraction of sp³-hybridized carbons (Fsp3) is 0.455. The predicted octanol–water partition coefficient (Wildman–Crippen LogP) is 3.74. The highest BCUT2D eigenvalue weighted by atomic mass is 16.5. The molecule has 1 fully saturated rings. The molecule has 3 N–H and O–H groups in total. The van der Waals surface area contributed by atoms with E-state index in [1.54, 1.807) is 31.5 Å². The van der Waals surface area contributed by atoms with E-state index in [1.165, 1.54) is 6.07 Å². The van der Waals surface area contributed by atoms with Gasteiger partial charge in [0.05, 0.1) is 6.04 Å². The third-order valence-corrected chi connectivity index (χ3v) is 7.80. The molecule has 1 aromatic carbocycles. The monoisotopic (exact) mass is 587 g/mol. The summed E-state index contributed by atoms with van der Waals surface area (Å²) in [4.78, 5) is 57.9. The third-order valence-electron chi connectivity index (χ3n) is 7.80. The molecule has 2 heterocycles. The van der Waals surface area contributed by atoms with Crippen LogP contribution >= 0.6 is 0 Å². The van der Waals surface area contributed by atoms with Crippen LogP contribution in [0.3, 0.4) is 0 Å². The lowest BCUT2D eigenvalue weighted by Gasteiger charge is -2.27. The van der Waals surface area contributed by atoms with Crippen LogP contribution < -0.4 is 16.0 Å². The average Bonchev–Trinajstić information content (AvgIpc) is 3.59. The largest absolute Gasteiger partial charge is 0.361 e. The van der Waals surface area contributed by atoms with Crippen molar-refractivity contribution in [3.63, 3.8) is 0 Å². The Bertz CT molecular complexity index is 1400. The lowest BCUT2D eigenvalue weighted by atomic mass is 9.91. The number of nitrogens with zero attached hydrogens (tertiary/aromatic N) is 2. The molecule has 0 bridgehead atoms. The highest BCUT2D eigenvalue weighted by Crippen LogP contribution is 2.47. The molecule has 2 aromatic heterocycles. The number of rotatable bonds is 15. The summed E-state index contributed by atoms with van der Waals surface area (Å²) in [6.07, 6.45) is 6.34. The van der Waals surface area contributed by atoms with Crippen molar-refractivity contribution < 1.29 is 23.7 Å². The summed E-state index contributed by atoms with van der Waals surface area (Å²) < 4.78 is 5.03. The summed E-state index contributed by atoms with van der Waals surface area (Å²) in [5, 5.41) is 12.4. The third kappa shape index (κ3) is 9.07. The van der Waals surface area contributed by atoms with Crippen LogP contribution in [0.15, 0.2) is 65.4 Å². The summed E-state index contributed by atoms with van der Waals surface area (Å²) in [7, 11) is 0. The Labute approximate surface area is 252 Å². The zero-order valence-electron chi connectivity index (χ0n) is 25.3. The van der Waals surface area contributed by atoms with Gasteiger partial charge in [-0.1, -0.05) is 56.3 Å². The minimum absolute atomic E-state index is 0.0273. The zero-order chi connectivity index (χ0) is 31.0. The number of Topliss-reactive ketones (excluding diaryl/α,β-unsaturated/α-hetero) is 1. The van der Waals surface area contributed by atoms with E-state index in [0.717, 1.165) is 24.0 Å². The second-order valence-electron chi connectivity index (χ2n) is 12.1. The maximum atomic E-state index is 13.8. The number of hydrogen-bond acceptors (Lipinski definition) is 7. The number of amides is 3. The smallest absolute Gasteiger partial charge is 0.274 e. The number of aromatic nitrogens is 2. The molecule has 228 valence electrons. The molecule has 3 amide bonds. The van der Waals surface area contributed by atoms with Crippen molar-refractivity contribution in [2.45, 2.75) is 84.3 Å². The summed E-state index contributed by atoms with van der Waals surface area (Å²) in [6, 6.07) is 12.1. The van der Waals surface area contributed by atoms with Crippen LogP contribution in [-0.2, 0) is 27.2 Å². The lowest BCUT2D eigenvalue weighted by Crippen LogP contribution is -2.57. The Morgan fingerprint density at radius 3 is 2.14 bits per heavy atom. The molecule has 43 heavy (non-hydrogen) atoms. The quantitative estimate of drug-likeness (QED) is 0.246. The minimum Gasteiger partial charge on any atom is -0.361 e. The van der Waals surface area contributed by atoms with Crippen molar-refractivity contribution in [2.75, 3.05) is 0 Å². The Morgan fingerprint density at radius 1 is 0.884 bits per heavy atom. The van der Waals surface area contributed by atoms with E-state index in [-0.39, 0.29) is 30.2 Å². The highest BCUT2D eigenvalue weighted by molar-refractivity contribution is 5.98. The highest BCUT2D eigenvalue weighted by Gasteiger charge is 2.48. The first kappa shape index (κ1) is 31.6. The van der Waals surface area contributed by atoms with Gasteiger partial charge in [-0.15, -0.1) is 0 Å². The van der Waals surface area contributed by atoms with E-state index in [9.17, 15) is 19.2 Å². The number of hydrogen-bond donors (Lipinski definition) is 3. The summed E-state index contributed by atoms with van der Waals surface area (Å²) in [5.74, 6) is -0.842. The molecule has 0 aliphatic heterocycles. The van der Waals surface area contributed by atoms with Crippen LogP contribution in [0.1, 0.15) is 73.8 Å². The first-order valence-corrected chi connectivity index (χ1v) is 14.9. The van der Waals surface area contributed by atoms with E-state index in [1.807, 2.05) is 51.1 Å². The van der Waals surface area contributed by atoms with E-state index in [0.29, 0.717) is 18.6 Å². The van der Waals surface area contributed by atoms with Crippen molar-refractivity contribution in [1.29, 1.82) is 0 Å². The molecular formula is C33H41N5O5. The second kappa shape index (κ2) is 14.2. The first-order chi connectivity index (χ1) is 20.5. The van der Waals surface area contributed by atoms with Gasteiger partial charge in [-0.05, 0) is 68.2 Å². The van der Waals surface area contributed by atoms with E-state index < -0.39 is 41.3 Å². The number of nitrogens with one attached hydrogen (secondary N) is 3. The van der Waals surface area contributed by atoms with Crippen LogP contribution in [0, 0.1) is 18.3 Å². The molecule has 4 rings (SSSR count). The van der Waals surface area contributed by atoms with Crippen LogP contribution in [0.5, 0.6) is 0 Å². The fourth-order valence-electron chi connectivity index (χ4n) is 5.00. The summed E-state index contributed by atoms with van der Waals surface area (Å²) in [5.41, 5.74) is 1.44. The molecule has 1 aliphatic rings. The number of aryl methyl sites for hydroxylation is 2. The van der Waals surface area contributed by atoms with Crippen LogP contribution in [0.25, 0.3) is 0 Å². The molecule has 1 saturated carbocycles. The van der Waals surface area contributed by atoms with E-state index >= 15 is 0 Å². The van der Waals surface area contributed by atoms with Gasteiger partial charge in [0.2, 0.25) is 11.8 Å². The first-order valence-electron chi connectivity index (χ1n) is 14.9. The number of carbonyl (C=O) groups is 4. The molecule has 0 saturated heterocycles. The molecule has 1 aliphatic carbocycles. The number of pyridine rings is 1. The molecular weight excluding hydrogens is 546 g/mol. The molecule has 10 nitrogen and oxygen atoms in total. The van der Waals surface area contributed by atoms with Crippen molar-refractivity contribution in [2.24, 2.45) is 11.3 Å². The maximum Gasteiger partial charge on any atom is 0.274 e. The van der Waals surface area contributed by atoms with E-state index in [4.69, 9.17) is 4.52 Å². The normalized spacial score (nSPS) is 15.7. The van der Waals surface area contributed by atoms with Crippen LogP contribution in [-0.4, -0.2) is 51.8 Å². The number of carbonyl (C=O) groups excluding carboxylic acids is 4. The Balaban J connectivity index is 1.54. The average molecular weight is 588 g/mol. The lowest BCUT2D eigenvalue weighted by molar-refractivity contribution is -0.133. The van der Waals surface area contributed by atoms with Crippen molar-refractivity contribution >= 4 is 23.5 Å². The summed E-state index contributed by atoms with van der Waals surface area (Å²) >= 11 is 0. The van der Waals surface area contributed by atoms with Gasteiger partial charge < -0.3 is 20.5 Å². The van der Waals surface area contributed by atoms with Gasteiger partial charge >= 0.3 is 0 Å². The zero-order valence-corrected chi connectivity index (χ0v) is 25.3. The van der Waals surface area contributed by atoms with Crippen LogP contribution in [0.4, 0.5) is 0 Å². The van der Waals surface area contributed by atoms with Crippen LogP contribution in [0.2, 0.25) is 0 Å². The van der Waals surface area contributed by atoms with E-state index in [2.05, 4.69) is 26.1 Å². The number of benzene rings is 1. The SMILES string of the molecule is Cc1cc(C(=O)N[C@@H](CCc2ccccc2)C(=O)N[C@@H](Cc2ccncc2)C(=O)NC(CC(C)C)C(=O)C2(C)CC2)no1. The van der Waals surface area contributed by atoms with Crippen molar-refractivity contribution in [1.82, 2.24) is 26.1 Å². The van der Waals surface area contributed by atoms with Gasteiger partial charge in [0.15, 0.2) is 11.5 Å². The van der Waals surface area contributed by atoms with Gasteiger partial charge in [-0.25, -0.2) is 0 Å². The molecule has 0 spiro atoms.